The molecule has 1 atom stereocenters. The molecule has 0 spiro atoms. The second kappa shape index (κ2) is 9.54. The van der Waals surface area contributed by atoms with Crippen LogP contribution in [0.5, 0.6) is 0 Å². The number of carbonyl (C=O) groups is 1. The summed E-state index contributed by atoms with van der Waals surface area (Å²) in [6.07, 6.45) is 0. The van der Waals surface area contributed by atoms with Gasteiger partial charge in [0.05, 0.1) is 21.5 Å². The third kappa shape index (κ3) is 4.93. The highest BCUT2D eigenvalue weighted by Crippen LogP contribution is 2.26. The van der Waals surface area contributed by atoms with Gasteiger partial charge in [-0.25, -0.2) is 8.42 Å². The minimum Gasteiger partial charge on any atom is -0.345 e. The van der Waals surface area contributed by atoms with Crippen LogP contribution in [0.15, 0.2) is 53.4 Å². The first-order valence-electron chi connectivity index (χ1n) is 9.37. The Balaban J connectivity index is 2.38. The first-order valence-corrected chi connectivity index (χ1v) is 11.2. The highest BCUT2D eigenvalue weighted by atomic mass is 35.5. The Labute approximate surface area is 172 Å². The van der Waals surface area contributed by atoms with Crippen LogP contribution < -0.4 is 5.32 Å². The largest absolute Gasteiger partial charge is 0.345 e. The maximum Gasteiger partial charge on any atom is 0.253 e. The molecule has 7 heteroatoms. The third-order valence-corrected chi connectivity index (χ3v) is 7.01. The van der Waals surface area contributed by atoms with E-state index in [0.717, 1.165) is 5.56 Å². The van der Waals surface area contributed by atoms with Crippen molar-refractivity contribution >= 4 is 27.5 Å². The summed E-state index contributed by atoms with van der Waals surface area (Å²) in [5.41, 5.74) is 1.13. The zero-order valence-electron chi connectivity index (χ0n) is 16.6. The fourth-order valence-corrected chi connectivity index (χ4v) is 4.75. The van der Waals surface area contributed by atoms with E-state index in [0.29, 0.717) is 13.1 Å². The molecular formula is C21H27ClN2O3S. The molecule has 1 N–H and O–H groups in total. The monoisotopic (exact) mass is 422 g/mol. The highest BCUT2D eigenvalue weighted by Gasteiger charge is 2.25. The Hall–Kier alpha value is -1.89. The number of hydrogen-bond donors (Lipinski definition) is 1. The Bertz CT molecular complexity index is 911. The van der Waals surface area contributed by atoms with Crippen LogP contribution in [0, 0.1) is 5.92 Å². The molecule has 0 bridgehead atoms. The van der Waals surface area contributed by atoms with Gasteiger partial charge in [-0.05, 0) is 29.7 Å². The van der Waals surface area contributed by atoms with Crippen LogP contribution in [-0.4, -0.2) is 31.7 Å². The van der Waals surface area contributed by atoms with E-state index >= 15 is 0 Å². The van der Waals surface area contributed by atoms with Crippen molar-refractivity contribution in [3.63, 3.8) is 0 Å². The molecule has 0 fully saturated rings. The van der Waals surface area contributed by atoms with Gasteiger partial charge in [-0.2, -0.15) is 4.31 Å². The van der Waals surface area contributed by atoms with Gasteiger partial charge in [-0.3, -0.25) is 4.79 Å². The molecule has 2 aromatic rings. The van der Waals surface area contributed by atoms with E-state index in [1.165, 1.54) is 22.5 Å². The molecule has 2 aromatic carbocycles. The fraction of sp³-hybridized carbons (Fsp3) is 0.381. The lowest BCUT2D eigenvalue weighted by Crippen LogP contribution is -2.33. The lowest BCUT2D eigenvalue weighted by Gasteiger charge is -2.23. The van der Waals surface area contributed by atoms with Crippen LogP contribution in [0.3, 0.4) is 0 Å². The Morgan fingerprint density at radius 1 is 1.07 bits per heavy atom. The average molecular weight is 423 g/mol. The van der Waals surface area contributed by atoms with Crippen LogP contribution in [0.1, 0.15) is 49.7 Å². The van der Waals surface area contributed by atoms with Crippen molar-refractivity contribution in [3.05, 3.63) is 64.7 Å². The van der Waals surface area contributed by atoms with E-state index in [9.17, 15) is 13.2 Å². The number of sulfonamides is 1. The topological polar surface area (TPSA) is 66.5 Å². The van der Waals surface area contributed by atoms with Crippen molar-refractivity contribution in [2.24, 2.45) is 5.92 Å². The zero-order valence-corrected chi connectivity index (χ0v) is 18.2. The maximum atomic E-state index is 12.9. The van der Waals surface area contributed by atoms with E-state index < -0.39 is 15.9 Å². The van der Waals surface area contributed by atoms with E-state index in [1.807, 2.05) is 44.2 Å². The molecule has 0 heterocycles. The summed E-state index contributed by atoms with van der Waals surface area (Å²) >= 11 is 6.23. The molecule has 0 saturated carbocycles. The molecule has 0 radical (unpaired) electrons. The van der Waals surface area contributed by atoms with Gasteiger partial charge >= 0.3 is 0 Å². The van der Waals surface area contributed by atoms with Gasteiger partial charge in [-0.15, -0.1) is 0 Å². The van der Waals surface area contributed by atoms with Gasteiger partial charge in [-0.1, -0.05) is 69.6 Å². The SMILES string of the molecule is CCN(CC)S(=O)(=O)c1ccc(Cl)c(C(=O)NC(c2ccccc2)C(C)C)c1. The van der Waals surface area contributed by atoms with Gasteiger partial charge in [0.2, 0.25) is 10.0 Å². The van der Waals surface area contributed by atoms with Gasteiger partial charge in [0.1, 0.15) is 0 Å². The lowest BCUT2D eigenvalue weighted by molar-refractivity contribution is 0.0925. The van der Waals surface area contributed by atoms with E-state index in [2.05, 4.69) is 5.32 Å². The molecule has 0 saturated heterocycles. The summed E-state index contributed by atoms with van der Waals surface area (Å²) in [7, 11) is -3.68. The molecule has 0 aliphatic rings. The Kier molecular flexibility index (Phi) is 7.63. The molecule has 1 unspecified atom stereocenters. The molecule has 28 heavy (non-hydrogen) atoms. The van der Waals surface area contributed by atoms with Crippen molar-refractivity contribution < 1.29 is 13.2 Å². The van der Waals surface area contributed by atoms with Crippen LogP contribution in [0.4, 0.5) is 0 Å². The highest BCUT2D eigenvalue weighted by molar-refractivity contribution is 7.89. The second-order valence-corrected chi connectivity index (χ2v) is 9.18. The maximum absolute atomic E-state index is 12.9. The number of halogens is 1. The quantitative estimate of drug-likeness (QED) is 0.681. The standard InChI is InChI=1S/C21H27ClN2O3S/c1-5-24(6-2)28(26,27)17-12-13-19(22)18(14-17)21(25)23-20(15(3)4)16-10-8-7-9-11-16/h7-15,20H,5-6H2,1-4H3,(H,23,25). The van der Waals surface area contributed by atoms with Crippen molar-refractivity contribution in [1.29, 1.82) is 0 Å². The number of nitrogens with one attached hydrogen (secondary N) is 1. The van der Waals surface area contributed by atoms with Crippen molar-refractivity contribution in [2.75, 3.05) is 13.1 Å². The average Bonchev–Trinajstić information content (AvgIpc) is 2.67. The predicted octanol–water partition coefficient (Wildman–Crippen LogP) is 4.50. The lowest BCUT2D eigenvalue weighted by atomic mass is 9.95. The summed E-state index contributed by atoms with van der Waals surface area (Å²) in [5.74, 6) is -0.253. The van der Waals surface area contributed by atoms with Crippen molar-refractivity contribution in [3.8, 4) is 0 Å². The molecule has 0 aliphatic heterocycles. The number of hydrogen-bond acceptors (Lipinski definition) is 3. The molecule has 152 valence electrons. The summed E-state index contributed by atoms with van der Waals surface area (Å²) in [5, 5.41) is 3.21. The smallest absolute Gasteiger partial charge is 0.253 e. The number of benzene rings is 2. The van der Waals surface area contributed by atoms with E-state index in [1.54, 1.807) is 13.8 Å². The Morgan fingerprint density at radius 2 is 1.68 bits per heavy atom. The van der Waals surface area contributed by atoms with Crippen LogP contribution >= 0.6 is 11.6 Å². The molecule has 1 amide bonds. The molecule has 0 aromatic heterocycles. The minimum absolute atomic E-state index is 0.0616. The predicted molar refractivity (Wildman–Crippen MR) is 113 cm³/mol. The second-order valence-electron chi connectivity index (χ2n) is 6.84. The zero-order chi connectivity index (χ0) is 20.9. The number of amides is 1. The fourth-order valence-electron chi connectivity index (χ4n) is 3.07. The first kappa shape index (κ1) is 22.4. The summed E-state index contributed by atoms with van der Waals surface area (Å²) in [6, 6.07) is 13.7. The van der Waals surface area contributed by atoms with Crippen LogP contribution in [0.25, 0.3) is 0 Å². The number of nitrogens with zero attached hydrogens (tertiary/aromatic N) is 1. The van der Waals surface area contributed by atoms with E-state index in [4.69, 9.17) is 11.6 Å². The van der Waals surface area contributed by atoms with Crippen LogP contribution in [-0.2, 0) is 10.0 Å². The number of rotatable bonds is 8. The molecule has 0 aliphatic carbocycles. The normalized spacial score (nSPS) is 13.0. The number of carbonyl (C=O) groups excluding carboxylic acids is 1. The third-order valence-electron chi connectivity index (χ3n) is 4.64. The van der Waals surface area contributed by atoms with Crippen LogP contribution in [0.2, 0.25) is 5.02 Å². The minimum atomic E-state index is -3.68. The van der Waals surface area contributed by atoms with Gasteiger partial charge in [0.15, 0.2) is 0 Å². The van der Waals surface area contributed by atoms with Crippen molar-refractivity contribution in [2.45, 2.75) is 38.6 Å². The summed E-state index contributed by atoms with van der Waals surface area (Å²) in [4.78, 5) is 13.0. The molecule has 2 rings (SSSR count). The van der Waals surface area contributed by atoms with Crippen molar-refractivity contribution in [1.82, 2.24) is 9.62 Å². The summed E-state index contributed by atoms with van der Waals surface area (Å²) in [6.45, 7) is 8.29. The van der Waals surface area contributed by atoms with Gasteiger partial charge in [0, 0.05) is 13.1 Å². The summed E-state index contributed by atoms with van der Waals surface area (Å²) < 4.78 is 26.9. The van der Waals surface area contributed by atoms with Gasteiger partial charge in [0.25, 0.3) is 5.91 Å². The Morgan fingerprint density at radius 3 is 2.21 bits per heavy atom. The van der Waals surface area contributed by atoms with Gasteiger partial charge < -0.3 is 5.32 Å². The first-order chi connectivity index (χ1) is 13.2. The molecular weight excluding hydrogens is 396 g/mol. The van der Waals surface area contributed by atoms with E-state index in [-0.39, 0.29) is 27.4 Å². The molecule has 5 nitrogen and oxygen atoms in total.